The number of alkyl carbamates (subject to hydrolysis) is 1. The molecule has 0 spiro atoms. The molecule has 0 aliphatic heterocycles. The Morgan fingerprint density at radius 3 is 0.630 bits per heavy atom. The first-order chi connectivity index (χ1) is 49.2. The summed E-state index contributed by atoms with van der Waals surface area (Å²) >= 11 is 0. The van der Waals surface area contributed by atoms with Crippen LogP contribution in [0.15, 0.2) is 24.3 Å². The fraction of sp³-hybridized carbons (Fsp3) is 0.128. The van der Waals surface area contributed by atoms with E-state index in [0.29, 0.717) is 32.4 Å². The van der Waals surface area contributed by atoms with Crippen LogP contribution in [-0.2, 0) is 22.6 Å². The first kappa shape index (κ1) is 81.6. The van der Waals surface area contributed by atoms with E-state index in [4.69, 9.17) is 9.84 Å². The van der Waals surface area contributed by atoms with Gasteiger partial charge in [0.05, 0.1) is 6.61 Å². The van der Waals surface area contributed by atoms with Gasteiger partial charge in [0, 0.05) is 351 Å². The minimum Gasteiger partial charge on any atom is -0.444 e. The second-order valence-corrected chi connectivity index (χ2v) is 16.1. The van der Waals surface area contributed by atoms with Crippen LogP contribution in [-0.4, -0.2) is 35.8 Å². The van der Waals surface area contributed by atoms with E-state index >= 15 is 0 Å². The van der Waals surface area contributed by atoms with Gasteiger partial charge in [0.25, 0.3) is 0 Å². The van der Waals surface area contributed by atoms with Gasteiger partial charge in [-0.15, -0.1) is 0 Å². The molecule has 0 aliphatic carbocycles. The number of aliphatic hydroxyl groups is 1. The summed E-state index contributed by atoms with van der Waals surface area (Å²) in [6, 6.07) is 7.55. The third kappa shape index (κ3) is 68.7. The van der Waals surface area contributed by atoms with Crippen LogP contribution < -0.4 is 10.6 Å². The number of ether oxygens (including phenoxy) is 1. The van der Waals surface area contributed by atoms with E-state index in [9.17, 15) is 9.59 Å². The molecule has 0 saturated heterocycles. The Labute approximate surface area is 591 Å². The lowest BCUT2D eigenvalue weighted by atomic mass is 10.1. The summed E-state index contributed by atoms with van der Waals surface area (Å²) in [5.74, 6) is 186. The lowest BCUT2D eigenvalue weighted by Crippen LogP contribution is -2.34. The molecule has 2 amide bonds. The molecule has 0 aromatic heterocycles. The molecule has 6 nitrogen and oxygen atoms in total. The third-order valence-corrected chi connectivity index (χ3v) is 7.88. The lowest BCUT2D eigenvalue weighted by molar-refractivity contribution is -0.121. The average molecular weight is 1260 g/mol. The minimum absolute atomic E-state index is 0.0153. The van der Waals surface area contributed by atoms with Crippen molar-refractivity contribution in [2.75, 3.05) is 13.1 Å². The molecule has 1 aromatic carbocycles. The zero-order chi connectivity index (χ0) is 72.3. The number of hydrogen-bond donors (Lipinski definition) is 3. The monoisotopic (exact) mass is 1250 g/mol. The molecule has 0 fully saturated rings. The number of benzene rings is 1. The van der Waals surface area contributed by atoms with Gasteiger partial charge < -0.3 is 20.5 Å². The molecule has 0 radical (unpaired) electrons. The van der Waals surface area contributed by atoms with Gasteiger partial charge in [-0.1, -0.05) is 36.1 Å². The predicted octanol–water partition coefficient (Wildman–Crippen LogP) is 3.29. The molecule has 0 saturated carbocycles. The highest BCUT2D eigenvalue weighted by molar-refractivity contribution is 5.76. The fourth-order valence-corrected chi connectivity index (χ4v) is 4.29. The van der Waals surface area contributed by atoms with E-state index in [1.54, 1.807) is 13.8 Å². The van der Waals surface area contributed by atoms with Crippen molar-refractivity contribution in [3.05, 3.63) is 35.4 Å². The van der Waals surface area contributed by atoms with Gasteiger partial charge >= 0.3 is 6.09 Å². The highest BCUT2D eigenvalue weighted by Crippen LogP contribution is 2.07. The van der Waals surface area contributed by atoms with Gasteiger partial charge in [-0.25, -0.2) is 4.79 Å². The quantitative estimate of drug-likeness (QED) is 0.276. The molecule has 0 atom stereocenters. The summed E-state index contributed by atoms with van der Waals surface area (Å²) < 4.78 is 5.12. The maximum Gasteiger partial charge on any atom is 0.407 e. The summed E-state index contributed by atoms with van der Waals surface area (Å²) in [6.07, 6.45) is 1.28. The first-order valence-corrected chi connectivity index (χ1v) is 27.5. The molecule has 0 heterocycles. The van der Waals surface area contributed by atoms with Crippen molar-refractivity contribution < 1.29 is 19.4 Å². The summed E-state index contributed by atoms with van der Waals surface area (Å²) in [4.78, 5) is 23.2. The van der Waals surface area contributed by atoms with Crippen LogP contribution in [0.4, 0.5) is 4.79 Å². The van der Waals surface area contributed by atoms with Gasteiger partial charge in [-0.05, 0) is 153 Å². The SMILES string of the molecule is CC#CC#CC#CC#CC#CC#CC#CC#CC#CC#CC#CC#CC#CC#CC#CC#CC#CC#CC#CC#CC#CC#CC#CC#CC#CC#CC#CC#CC#CC#CC#CC#CC#CC#CC#CC#CC#CC.CC(C)(C)OC(=O)NCCCNC(=O)CCc1ccc(CO)cc1. The van der Waals surface area contributed by atoms with Gasteiger partial charge in [0.15, 0.2) is 0 Å². The number of aryl methyl sites for hydroxylation is 1. The number of hydrogen-bond acceptors (Lipinski definition) is 4. The Balaban J connectivity index is 0.00000341. The second kappa shape index (κ2) is 68.1. The normalized spacial score (nSPS) is 5.66. The van der Waals surface area contributed by atoms with Gasteiger partial charge in [-0.3, -0.25) is 4.79 Å². The fourth-order valence-electron chi connectivity index (χ4n) is 4.29. The second-order valence-electron chi connectivity index (χ2n) is 16.1. The maximum absolute atomic E-state index is 11.8. The van der Waals surface area contributed by atoms with Crippen LogP contribution in [0.1, 0.15) is 58.6 Å². The molecule has 3 N–H and O–H groups in total. The number of carbonyl (C=O) groups excluding carboxylic acids is 2. The molecule has 0 unspecified atom stereocenters. The molecule has 444 valence electrons. The van der Waals surface area contributed by atoms with Gasteiger partial charge in [0.1, 0.15) is 5.60 Å². The van der Waals surface area contributed by atoms with Crippen LogP contribution in [0.3, 0.4) is 0 Å². The van der Waals surface area contributed by atoms with E-state index < -0.39 is 11.7 Å². The van der Waals surface area contributed by atoms with Crippen LogP contribution in [0.25, 0.3) is 0 Å². The zero-order valence-corrected chi connectivity index (χ0v) is 53.7. The summed E-state index contributed by atoms with van der Waals surface area (Å²) in [5, 5.41) is 14.5. The van der Waals surface area contributed by atoms with Crippen molar-refractivity contribution in [3.8, 4) is 438 Å². The number of aliphatic hydroxyl groups excluding tert-OH is 1. The Bertz CT molecular complexity index is 5680. The minimum atomic E-state index is -0.506. The number of amides is 2. The van der Waals surface area contributed by atoms with Crippen molar-refractivity contribution in [3.63, 3.8) is 0 Å². The van der Waals surface area contributed by atoms with Crippen molar-refractivity contribution in [2.24, 2.45) is 0 Å². The van der Waals surface area contributed by atoms with Crippen molar-refractivity contribution >= 4 is 12.0 Å². The van der Waals surface area contributed by atoms with E-state index in [0.717, 1.165) is 11.1 Å². The maximum atomic E-state index is 11.8. The number of rotatable bonds is 8. The van der Waals surface area contributed by atoms with Crippen molar-refractivity contribution in [1.29, 1.82) is 0 Å². The largest absolute Gasteiger partial charge is 0.444 e. The zero-order valence-electron chi connectivity index (χ0n) is 53.7. The van der Waals surface area contributed by atoms with E-state index in [2.05, 4.69) is 449 Å². The molecule has 1 aromatic rings. The van der Waals surface area contributed by atoms with E-state index in [1.165, 1.54) is 0 Å². The predicted molar refractivity (Wildman–Crippen MR) is 392 cm³/mol. The Morgan fingerprint density at radius 2 is 0.460 bits per heavy atom. The molecular weight excluding hydrogens is 1220 g/mol. The van der Waals surface area contributed by atoms with Crippen molar-refractivity contribution in [2.45, 2.75) is 66.1 Å². The molecular formula is C94H34N2O4. The summed E-state index contributed by atoms with van der Waals surface area (Å²) in [6.45, 7) is 9.79. The molecule has 100 heavy (non-hydrogen) atoms. The van der Waals surface area contributed by atoms with Gasteiger partial charge in [0.2, 0.25) is 5.91 Å². The Hall–Kier alpha value is -18.4. The molecule has 1 rings (SSSR count). The summed E-state index contributed by atoms with van der Waals surface area (Å²) in [7, 11) is 0. The smallest absolute Gasteiger partial charge is 0.407 e. The summed E-state index contributed by atoms with van der Waals surface area (Å²) in [5.41, 5.74) is 1.42. The van der Waals surface area contributed by atoms with Crippen LogP contribution in [0.5, 0.6) is 0 Å². The van der Waals surface area contributed by atoms with Gasteiger partial charge in [-0.2, -0.15) is 0 Å². The van der Waals surface area contributed by atoms with E-state index in [-0.39, 0.29) is 12.5 Å². The average Bonchev–Trinajstić information content (AvgIpc) is 1.11. The van der Waals surface area contributed by atoms with Crippen molar-refractivity contribution in [1.82, 2.24) is 10.6 Å². The lowest BCUT2D eigenvalue weighted by Gasteiger charge is -2.19. The molecule has 0 aliphatic rings. The molecule has 0 bridgehead atoms. The molecule has 6 heteroatoms. The third-order valence-electron chi connectivity index (χ3n) is 7.88. The first-order valence-electron chi connectivity index (χ1n) is 27.5. The standard InChI is InChI=1S/C76H6.C18H28N2O4/c1-3-5-7-9-11-13-15-17-19-21-23-25-27-29-31-33-35-37-39-41-43-45-47-49-51-53-55-57-59-61-63-65-67-69-71-73-75-76-74-72-70-68-66-64-62-60-58-56-54-52-50-48-46-44-42-40-38-36-34-32-30-28-26-24-22-20-18-16-14-12-10-8-6-4-2;1-18(2,3)24-17(23)20-12-4-11-19-16(22)10-9-14-5-7-15(13-21)8-6-14/h1-2H3;5-8,21H,4,9-13H2,1-3H3,(H,19,22)(H,20,23). The Morgan fingerprint density at radius 1 is 0.290 bits per heavy atom. The van der Waals surface area contributed by atoms with Crippen LogP contribution in [0, 0.1) is 438 Å². The highest BCUT2D eigenvalue weighted by atomic mass is 16.6. The Kier molecular flexibility index (Phi) is 55.6. The van der Waals surface area contributed by atoms with E-state index in [1.807, 2.05) is 45.0 Å². The number of nitrogens with one attached hydrogen (secondary N) is 2. The highest BCUT2D eigenvalue weighted by Gasteiger charge is 2.15. The van der Waals surface area contributed by atoms with Crippen LogP contribution >= 0.6 is 0 Å². The number of carbonyl (C=O) groups is 2. The topological polar surface area (TPSA) is 87.7 Å². The van der Waals surface area contributed by atoms with Crippen LogP contribution in [0.2, 0.25) is 0 Å².